The van der Waals surface area contributed by atoms with Gasteiger partial charge in [0.25, 0.3) is 0 Å². The standard InChI is InChI=1S/C31H32INO8/c1-17(34)33-24-12-10-21-23(16-41-31(36)19-8-6-18(15-32)7-9-19)28(38-3)30(40-5)29(39-4)27(21)20-11-13-26(37-2)25(35)14-22(20)24/h6-9,11,13-14,24H,10,12,15-16H2,1-5H3,(H,33,34)/t24-/m1/s1. The maximum atomic E-state index is 13.0. The van der Waals surface area contributed by atoms with E-state index in [-0.39, 0.29) is 23.7 Å². The molecule has 4 rings (SSSR count). The summed E-state index contributed by atoms with van der Waals surface area (Å²) in [6, 6.07) is 11.6. The zero-order valence-corrected chi connectivity index (χ0v) is 25.7. The zero-order valence-electron chi connectivity index (χ0n) is 23.6. The molecule has 0 radical (unpaired) electrons. The topological polar surface area (TPSA) is 109 Å². The minimum absolute atomic E-state index is 0.103. The van der Waals surface area contributed by atoms with Gasteiger partial charge in [0.2, 0.25) is 17.1 Å². The van der Waals surface area contributed by atoms with E-state index in [4.69, 9.17) is 23.7 Å². The molecular weight excluding hydrogens is 641 g/mol. The smallest absolute Gasteiger partial charge is 0.338 e. The number of nitrogens with one attached hydrogen (secondary N) is 1. The average molecular weight is 674 g/mol. The second-order valence-electron chi connectivity index (χ2n) is 9.41. The third kappa shape index (κ3) is 6.12. The van der Waals surface area contributed by atoms with Gasteiger partial charge in [-0.1, -0.05) is 40.8 Å². The van der Waals surface area contributed by atoms with E-state index in [0.717, 1.165) is 15.6 Å². The van der Waals surface area contributed by atoms with Crippen molar-refractivity contribution in [3.05, 3.63) is 80.5 Å². The fourth-order valence-corrected chi connectivity index (χ4v) is 5.70. The highest BCUT2D eigenvalue weighted by molar-refractivity contribution is 14.1. The summed E-state index contributed by atoms with van der Waals surface area (Å²) in [6.45, 7) is 1.33. The van der Waals surface area contributed by atoms with Crippen LogP contribution < -0.4 is 29.7 Å². The Balaban J connectivity index is 1.94. The number of alkyl halides is 1. The van der Waals surface area contributed by atoms with Gasteiger partial charge in [-0.25, -0.2) is 4.79 Å². The Labute approximate surface area is 252 Å². The van der Waals surface area contributed by atoms with E-state index in [2.05, 4.69) is 27.9 Å². The monoisotopic (exact) mass is 673 g/mol. The molecule has 3 aromatic carbocycles. The highest BCUT2D eigenvalue weighted by Gasteiger charge is 2.33. The Hall–Kier alpha value is -3.80. The predicted octanol–water partition coefficient (Wildman–Crippen LogP) is 5.16. The van der Waals surface area contributed by atoms with Crippen molar-refractivity contribution in [1.82, 2.24) is 5.32 Å². The van der Waals surface area contributed by atoms with Crippen LogP contribution in [0.3, 0.4) is 0 Å². The number of methoxy groups -OCH3 is 4. The summed E-state index contributed by atoms with van der Waals surface area (Å²) in [5.41, 5.74) is 4.52. The van der Waals surface area contributed by atoms with E-state index >= 15 is 0 Å². The van der Waals surface area contributed by atoms with Crippen LogP contribution in [-0.4, -0.2) is 40.3 Å². The molecule has 0 aromatic heterocycles. The molecular formula is C31H32INO8. The minimum Gasteiger partial charge on any atom is -0.493 e. The van der Waals surface area contributed by atoms with E-state index in [1.54, 1.807) is 24.3 Å². The molecule has 10 heteroatoms. The molecule has 0 heterocycles. The number of fused-ring (bicyclic) bond motifs is 3. The van der Waals surface area contributed by atoms with Crippen LogP contribution in [0, 0.1) is 0 Å². The number of rotatable bonds is 9. The van der Waals surface area contributed by atoms with E-state index < -0.39 is 12.0 Å². The van der Waals surface area contributed by atoms with Crippen molar-refractivity contribution in [2.75, 3.05) is 28.4 Å². The van der Waals surface area contributed by atoms with Gasteiger partial charge in [0, 0.05) is 22.5 Å². The molecule has 216 valence electrons. The molecule has 0 aliphatic heterocycles. The van der Waals surface area contributed by atoms with Crippen LogP contribution >= 0.6 is 22.6 Å². The molecule has 0 bridgehead atoms. The van der Waals surface area contributed by atoms with Gasteiger partial charge in [-0.15, -0.1) is 0 Å². The molecule has 0 saturated heterocycles. The zero-order chi connectivity index (χ0) is 29.7. The Bertz CT molecular complexity index is 1520. The van der Waals surface area contributed by atoms with E-state index in [1.165, 1.54) is 41.4 Å². The first-order valence-electron chi connectivity index (χ1n) is 12.9. The summed E-state index contributed by atoms with van der Waals surface area (Å²) in [6.07, 6.45) is 0.917. The third-order valence-corrected chi connectivity index (χ3v) is 7.93. The van der Waals surface area contributed by atoms with Gasteiger partial charge in [-0.3, -0.25) is 9.59 Å². The van der Waals surface area contributed by atoms with Gasteiger partial charge in [0.15, 0.2) is 17.2 Å². The number of benzene rings is 2. The lowest BCUT2D eigenvalue weighted by molar-refractivity contribution is -0.119. The SMILES string of the molecule is COc1c(COC(=O)c2ccc(CI)cc2)c2c(c(OC)c1OC)-c1ccc(OC)c(=O)cc1[C@H](NC(C)=O)CC2. The van der Waals surface area contributed by atoms with Gasteiger partial charge in [0.1, 0.15) is 6.61 Å². The highest BCUT2D eigenvalue weighted by Crippen LogP contribution is 2.52. The summed E-state index contributed by atoms with van der Waals surface area (Å²) in [5, 5.41) is 2.98. The maximum Gasteiger partial charge on any atom is 0.338 e. The maximum absolute atomic E-state index is 13.0. The number of esters is 1. The molecule has 0 spiro atoms. The van der Waals surface area contributed by atoms with Crippen molar-refractivity contribution in [1.29, 1.82) is 0 Å². The number of halogens is 1. The average Bonchev–Trinajstić information content (AvgIpc) is 3.23. The molecule has 9 nitrogen and oxygen atoms in total. The first kappa shape index (κ1) is 30.2. The summed E-state index contributed by atoms with van der Waals surface area (Å²) in [5.74, 6) is 0.527. The van der Waals surface area contributed by atoms with Crippen molar-refractivity contribution in [2.45, 2.75) is 36.8 Å². The second kappa shape index (κ2) is 13.2. The first-order valence-corrected chi connectivity index (χ1v) is 14.5. The lowest BCUT2D eigenvalue weighted by Gasteiger charge is -2.23. The molecule has 1 N–H and O–H groups in total. The molecule has 1 amide bonds. The second-order valence-corrected chi connectivity index (χ2v) is 10.2. The molecule has 0 unspecified atom stereocenters. The van der Waals surface area contributed by atoms with Crippen molar-refractivity contribution >= 4 is 34.5 Å². The molecule has 1 aliphatic carbocycles. The Morgan fingerprint density at radius 2 is 1.61 bits per heavy atom. The lowest BCUT2D eigenvalue weighted by Crippen LogP contribution is -2.26. The molecule has 3 aromatic rings. The molecule has 0 saturated carbocycles. The van der Waals surface area contributed by atoms with Crippen LogP contribution in [0.15, 0.2) is 47.3 Å². The Kier molecular flexibility index (Phi) is 9.74. The van der Waals surface area contributed by atoms with Crippen molar-refractivity contribution in [3.8, 4) is 34.1 Å². The van der Waals surface area contributed by atoms with Crippen LogP contribution in [0.5, 0.6) is 23.0 Å². The van der Waals surface area contributed by atoms with Crippen LogP contribution in [0.1, 0.15) is 52.0 Å². The van der Waals surface area contributed by atoms with Gasteiger partial charge >= 0.3 is 5.97 Å². The Morgan fingerprint density at radius 3 is 2.20 bits per heavy atom. The number of carbonyl (C=O) groups is 2. The first-order chi connectivity index (χ1) is 19.8. The molecule has 1 atom stereocenters. The fraction of sp³-hybridized carbons (Fsp3) is 0.323. The number of hydrogen-bond acceptors (Lipinski definition) is 8. The normalized spacial score (nSPS) is 13.7. The van der Waals surface area contributed by atoms with Gasteiger partial charge in [-0.05, 0) is 59.4 Å². The number of ether oxygens (including phenoxy) is 5. The predicted molar refractivity (Wildman–Crippen MR) is 163 cm³/mol. The molecule has 1 aliphatic rings. The van der Waals surface area contributed by atoms with Crippen molar-refractivity contribution < 1.29 is 33.3 Å². The quantitative estimate of drug-likeness (QED) is 0.189. The van der Waals surface area contributed by atoms with Crippen LogP contribution in [0.4, 0.5) is 0 Å². The number of carbonyl (C=O) groups excluding carboxylic acids is 2. The van der Waals surface area contributed by atoms with Gasteiger partial charge in [0.05, 0.1) is 40.0 Å². The summed E-state index contributed by atoms with van der Waals surface area (Å²) < 4.78 is 29.4. The van der Waals surface area contributed by atoms with E-state index in [9.17, 15) is 14.4 Å². The molecule has 41 heavy (non-hydrogen) atoms. The van der Waals surface area contributed by atoms with Gasteiger partial charge in [-0.2, -0.15) is 0 Å². The van der Waals surface area contributed by atoms with Crippen molar-refractivity contribution in [2.24, 2.45) is 0 Å². The van der Waals surface area contributed by atoms with E-state index in [0.29, 0.717) is 57.9 Å². The number of hydrogen-bond donors (Lipinski definition) is 1. The van der Waals surface area contributed by atoms with Crippen molar-refractivity contribution in [3.63, 3.8) is 0 Å². The van der Waals surface area contributed by atoms with Crippen LogP contribution in [-0.2, 0) is 27.0 Å². The summed E-state index contributed by atoms with van der Waals surface area (Å²) in [7, 11) is 5.96. The molecule has 0 fully saturated rings. The fourth-order valence-electron chi connectivity index (χ4n) is 5.19. The lowest BCUT2D eigenvalue weighted by atomic mass is 9.91. The summed E-state index contributed by atoms with van der Waals surface area (Å²) >= 11 is 2.26. The van der Waals surface area contributed by atoms with Gasteiger partial charge < -0.3 is 29.0 Å². The largest absolute Gasteiger partial charge is 0.493 e. The van der Waals surface area contributed by atoms with Crippen LogP contribution in [0.2, 0.25) is 0 Å². The third-order valence-electron chi connectivity index (χ3n) is 7.05. The summed E-state index contributed by atoms with van der Waals surface area (Å²) in [4.78, 5) is 38.2. The van der Waals surface area contributed by atoms with E-state index in [1.807, 2.05) is 12.1 Å². The highest BCUT2D eigenvalue weighted by atomic mass is 127. The Morgan fingerprint density at radius 1 is 0.927 bits per heavy atom. The number of amides is 1. The minimum atomic E-state index is -0.479. The van der Waals surface area contributed by atoms with Crippen LogP contribution in [0.25, 0.3) is 11.1 Å².